The first-order valence-electron chi connectivity index (χ1n) is 8.54. The lowest BCUT2D eigenvalue weighted by Crippen LogP contribution is -2.28. The number of hydrogen-bond acceptors (Lipinski definition) is 2. The summed E-state index contributed by atoms with van der Waals surface area (Å²) in [6.45, 7) is 5.47. The Balaban J connectivity index is 1.38. The van der Waals surface area contributed by atoms with Crippen molar-refractivity contribution in [1.82, 2.24) is 0 Å². The third-order valence-electron chi connectivity index (χ3n) is 4.77. The highest BCUT2D eigenvalue weighted by molar-refractivity contribution is 5.04. The van der Waals surface area contributed by atoms with Gasteiger partial charge < -0.3 is 9.47 Å². The third kappa shape index (κ3) is 5.07. The molecule has 2 aliphatic rings. The van der Waals surface area contributed by atoms with Crippen LogP contribution in [0.15, 0.2) is 0 Å². The minimum atomic E-state index is 0.183. The van der Waals surface area contributed by atoms with Gasteiger partial charge in [0.2, 0.25) is 0 Å². The molecule has 0 aromatic heterocycles. The fourth-order valence-corrected chi connectivity index (χ4v) is 3.35. The second-order valence-electron chi connectivity index (χ2n) is 6.67. The van der Waals surface area contributed by atoms with Crippen LogP contribution in [0, 0.1) is 0 Å². The van der Waals surface area contributed by atoms with E-state index >= 15 is 0 Å². The molecule has 2 nitrogen and oxygen atoms in total. The summed E-state index contributed by atoms with van der Waals surface area (Å²) in [5.74, 6) is 0. The van der Waals surface area contributed by atoms with Gasteiger partial charge in [0.15, 0.2) is 0 Å². The molecular formula is C17H32O2. The van der Waals surface area contributed by atoms with Crippen molar-refractivity contribution < 1.29 is 9.47 Å². The lowest BCUT2D eigenvalue weighted by Gasteiger charge is -2.23. The Hall–Kier alpha value is -0.0800. The van der Waals surface area contributed by atoms with Crippen molar-refractivity contribution in [3.8, 4) is 0 Å². The average Bonchev–Trinajstić information content (AvgIpc) is 3.07. The van der Waals surface area contributed by atoms with Gasteiger partial charge in [-0.15, -0.1) is 0 Å². The molecule has 2 rings (SSSR count). The first-order chi connectivity index (χ1) is 9.24. The normalized spacial score (nSPS) is 33.2. The molecule has 1 saturated heterocycles. The van der Waals surface area contributed by atoms with Crippen LogP contribution in [-0.2, 0) is 9.47 Å². The van der Waals surface area contributed by atoms with Gasteiger partial charge >= 0.3 is 0 Å². The van der Waals surface area contributed by atoms with Crippen LogP contribution in [0.2, 0.25) is 0 Å². The predicted molar refractivity (Wildman–Crippen MR) is 79.5 cm³/mol. The molecule has 112 valence electrons. The van der Waals surface area contributed by atoms with Crippen molar-refractivity contribution in [2.24, 2.45) is 0 Å². The van der Waals surface area contributed by atoms with E-state index < -0.39 is 0 Å². The molecule has 0 N–H and O–H groups in total. The molecule has 0 aromatic carbocycles. The van der Waals surface area contributed by atoms with Crippen LogP contribution in [0.3, 0.4) is 0 Å². The van der Waals surface area contributed by atoms with Crippen LogP contribution in [0.25, 0.3) is 0 Å². The van der Waals surface area contributed by atoms with E-state index in [0.717, 1.165) is 13.0 Å². The molecule has 1 saturated carbocycles. The average molecular weight is 268 g/mol. The Morgan fingerprint density at radius 3 is 2.37 bits per heavy atom. The molecule has 3 unspecified atom stereocenters. The van der Waals surface area contributed by atoms with Gasteiger partial charge in [-0.2, -0.15) is 0 Å². The number of unbranched alkanes of at least 4 members (excludes halogenated alkanes) is 7. The Bertz CT molecular complexity index is 254. The van der Waals surface area contributed by atoms with Crippen LogP contribution in [0.1, 0.15) is 84.5 Å². The summed E-state index contributed by atoms with van der Waals surface area (Å²) in [5.41, 5.74) is 0.183. The summed E-state index contributed by atoms with van der Waals surface area (Å²) in [5, 5.41) is 0. The highest BCUT2D eigenvalue weighted by Gasteiger charge is 2.55. The van der Waals surface area contributed by atoms with E-state index in [4.69, 9.17) is 9.47 Å². The molecule has 1 aliphatic carbocycles. The molecule has 0 aromatic rings. The first kappa shape index (κ1) is 15.3. The number of fused-ring (bicyclic) bond motifs is 1. The molecule has 19 heavy (non-hydrogen) atoms. The minimum Gasteiger partial charge on any atom is -0.378 e. The molecule has 0 spiro atoms. The van der Waals surface area contributed by atoms with Crippen molar-refractivity contribution in [3.05, 3.63) is 0 Å². The standard InChI is InChI=1S/C17H32O2/c1-3-4-5-6-7-8-9-10-13-18-15-11-12-16-17(2,14-15)19-16/h15-16H,3-14H2,1-2H3. The van der Waals surface area contributed by atoms with E-state index in [0.29, 0.717) is 12.2 Å². The van der Waals surface area contributed by atoms with Crippen molar-refractivity contribution >= 4 is 0 Å². The zero-order valence-electron chi connectivity index (χ0n) is 13.0. The first-order valence-corrected chi connectivity index (χ1v) is 8.54. The molecule has 2 fully saturated rings. The molecule has 0 radical (unpaired) electrons. The lowest BCUT2D eigenvalue weighted by atomic mass is 9.88. The third-order valence-corrected chi connectivity index (χ3v) is 4.77. The number of hydrogen-bond donors (Lipinski definition) is 0. The highest BCUT2D eigenvalue weighted by atomic mass is 16.6. The summed E-state index contributed by atoms with van der Waals surface area (Å²) >= 11 is 0. The van der Waals surface area contributed by atoms with Gasteiger partial charge in [-0.3, -0.25) is 0 Å². The maximum atomic E-state index is 6.01. The van der Waals surface area contributed by atoms with E-state index in [2.05, 4.69) is 13.8 Å². The minimum absolute atomic E-state index is 0.183. The van der Waals surface area contributed by atoms with Crippen LogP contribution in [-0.4, -0.2) is 24.4 Å². The maximum absolute atomic E-state index is 6.01. The van der Waals surface area contributed by atoms with Gasteiger partial charge in [-0.1, -0.05) is 51.9 Å². The molecule has 0 amide bonds. The molecular weight excluding hydrogens is 236 g/mol. The molecule has 1 heterocycles. The number of rotatable bonds is 10. The van der Waals surface area contributed by atoms with Crippen LogP contribution >= 0.6 is 0 Å². The predicted octanol–water partition coefficient (Wildman–Crippen LogP) is 4.85. The number of epoxide rings is 1. The zero-order valence-corrected chi connectivity index (χ0v) is 13.0. The Morgan fingerprint density at radius 2 is 1.68 bits per heavy atom. The topological polar surface area (TPSA) is 21.8 Å². The monoisotopic (exact) mass is 268 g/mol. The zero-order chi connectivity index (χ0) is 13.6. The summed E-state index contributed by atoms with van der Waals surface area (Å²) in [7, 11) is 0. The van der Waals surface area contributed by atoms with E-state index in [-0.39, 0.29) is 5.60 Å². The highest BCUT2D eigenvalue weighted by Crippen LogP contribution is 2.47. The second-order valence-corrected chi connectivity index (χ2v) is 6.67. The fraction of sp³-hybridized carbons (Fsp3) is 1.00. The van der Waals surface area contributed by atoms with Gasteiger partial charge in [0.1, 0.15) is 0 Å². The Labute approximate surface area is 119 Å². The molecule has 0 bridgehead atoms. The van der Waals surface area contributed by atoms with Crippen molar-refractivity contribution in [2.75, 3.05) is 6.61 Å². The van der Waals surface area contributed by atoms with Gasteiger partial charge in [-0.05, 0) is 26.2 Å². The van der Waals surface area contributed by atoms with Gasteiger partial charge in [0.25, 0.3) is 0 Å². The Morgan fingerprint density at radius 1 is 1.00 bits per heavy atom. The van der Waals surface area contributed by atoms with Gasteiger partial charge in [0, 0.05) is 13.0 Å². The number of ether oxygens (including phenoxy) is 2. The fourth-order valence-electron chi connectivity index (χ4n) is 3.35. The van der Waals surface area contributed by atoms with E-state index in [1.165, 1.54) is 64.2 Å². The maximum Gasteiger partial charge on any atom is 0.0945 e. The van der Waals surface area contributed by atoms with Crippen molar-refractivity contribution in [1.29, 1.82) is 0 Å². The van der Waals surface area contributed by atoms with Crippen LogP contribution in [0.5, 0.6) is 0 Å². The van der Waals surface area contributed by atoms with Gasteiger partial charge in [-0.25, -0.2) is 0 Å². The molecule has 1 aliphatic heterocycles. The molecule has 2 heteroatoms. The Kier molecular flexibility index (Phi) is 6.15. The van der Waals surface area contributed by atoms with Crippen molar-refractivity contribution in [3.63, 3.8) is 0 Å². The van der Waals surface area contributed by atoms with E-state index in [1.54, 1.807) is 0 Å². The van der Waals surface area contributed by atoms with Crippen molar-refractivity contribution in [2.45, 2.75) is 102 Å². The van der Waals surface area contributed by atoms with Crippen LogP contribution in [0.4, 0.5) is 0 Å². The quantitative estimate of drug-likeness (QED) is 0.417. The summed E-state index contributed by atoms with van der Waals surface area (Å²) < 4.78 is 11.7. The van der Waals surface area contributed by atoms with E-state index in [9.17, 15) is 0 Å². The summed E-state index contributed by atoms with van der Waals surface area (Å²) in [6, 6.07) is 0. The van der Waals surface area contributed by atoms with E-state index in [1.807, 2.05) is 0 Å². The SMILES string of the molecule is CCCCCCCCCCOC1CCC2OC2(C)C1. The van der Waals surface area contributed by atoms with Gasteiger partial charge in [0.05, 0.1) is 17.8 Å². The lowest BCUT2D eigenvalue weighted by molar-refractivity contribution is 0.0209. The smallest absolute Gasteiger partial charge is 0.0945 e. The largest absolute Gasteiger partial charge is 0.378 e. The second kappa shape index (κ2) is 7.64. The summed E-state index contributed by atoms with van der Waals surface area (Å²) in [4.78, 5) is 0. The van der Waals surface area contributed by atoms with Crippen LogP contribution < -0.4 is 0 Å². The summed E-state index contributed by atoms with van der Waals surface area (Å²) in [6.07, 6.45) is 15.5. The molecule has 3 atom stereocenters.